The molecule has 30 heavy (non-hydrogen) atoms. The van der Waals surface area contributed by atoms with Gasteiger partial charge in [-0.1, -0.05) is 19.1 Å². The summed E-state index contributed by atoms with van der Waals surface area (Å²) in [5, 5.41) is 1.92. The Morgan fingerprint density at radius 3 is 2.67 bits per heavy atom. The van der Waals surface area contributed by atoms with Gasteiger partial charge in [-0.2, -0.15) is 0 Å². The maximum atomic E-state index is 14.2. The molecule has 160 valence electrons. The van der Waals surface area contributed by atoms with Crippen molar-refractivity contribution in [3.63, 3.8) is 0 Å². The Kier molecular flexibility index (Phi) is 6.67. The van der Waals surface area contributed by atoms with Crippen LogP contribution < -0.4 is 14.4 Å². The summed E-state index contributed by atoms with van der Waals surface area (Å²) >= 11 is 1.19. The summed E-state index contributed by atoms with van der Waals surface area (Å²) in [4.78, 5) is 26.3. The summed E-state index contributed by atoms with van der Waals surface area (Å²) < 4.78 is 45.3. The van der Waals surface area contributed by atoms with Crippen LogP contribution in [0.3, 0.4) is 0 Å². The van der Waals surface area contributed by atoms with Gasteiger partial charge in [-0.05, 0) is 30.7 Å². The number of carbonyl (C=O) groups excluding carboxylic acids is 2. The number of amides is 2. The van der Waals surface area contributed by atoms with E-state index in [1.54, 1.807) is 31.2 Å². The number of methoxy groups -OCH3 is 1. The molecular formula is C20H21FN2O5S2. The molecule has 0 radical (unpaired) electrons. The Hall–Kier alpha value is -2.59. The van der Waals surface area contributed by atoms with E-state index >= 15 is 0 Å². The molecule has 0 bridgehead atoms. The second-order valence-corrected chi connectivity index (χ2v) is 9.77. The highest BCUT2D eigenvalue weighted by Crippen LogP contribution is 2.37. The van der Waals surface area contributed by atoms with Crippen LogP contribution in [0.25, 0.3) is 0 Å². The number of anilines is 2. The lowest BCUT2D eigenvalue weighted by Gasteiger charge is -2.27. The van der Waals surface area contributed by atoms with Gasteiger partial charge in [0.25, 0.3) is 0 Å². The van der Waals surface area contributed by atoms with Crippen LogP contribution in [0.4, 0.5) is 15.8 Å². The van der Waals surface area contributed by atoms with Crippen LogP contribution in [0.5, 0.6) is 5.75 Å². The van der Waals surface area contributed by atoms with Crippen molar-refractivity contribution in [3.05, 3.63) is 48.3 Å². The third-order valence-electron chi connectivity index (χ3n) is 4.40. The monoisotopic (exact) mass is 452 g/mol. The molecule has 2 aromatic carbocycles. The third kappa shape index (κ3) is 4.59. The standard InChI is InChI=1S/C20H21FN2O5S2/c1-3-10-30(26,27)23(13-8-9-16(28-2)14(21)11-13)19(24)12-18-20(25)22-15-6-4-5-7-17(15)29-18/h4-9,11,18H,3,10,12H2,1-2H3,(H,22,25). The fourth-order valence-corrected chi connectivity index (χ4v) is 5.68. The number of halogens is 1. The number of ether oxygens (including phenoxy) is 1. The third-order valence-corrected chi connectivity index (χ3v) is 7.57. The fourth-order valence-electron chi connectivity index (χ4n) is 3.06. The van der Waals surface area contributed by atoms with Crippen LogP contribution in [-0.4, -0.2) is 38.3 Å². The lowest BCUT2D eigenvalue weighted by atomic mass is 10.2. The molecular weight excluding hydrogens is 431 g/mol. The van der Waals surface area contributed by atoms with Crippen molar-refractivity contribution in [2.45, 2.75) is 29.9 Å². The number of sulfonamides is 1. The summed E-state index contributed by atoms with van der Waals surface area (Å²) in [5.74, 6) is -2.35. The van der Waals surface area contributed by atoms with E-state index in [-0.39, 0.29) is 35.9 Å². The molecule has 10 heteroatoms. The van der Waals surface area contributed by atoms with Crippen molar-refractivity contribution in [2.24, 2.45) is 0 Å². The lowest BCUT2D eigenvalue weighted by molar-refractivity contribution is -0.121. The molecule has 1 aliphatic rings. The molecule has 1 N–H and O–H groups in total. The number of hydrogen-bond donors (Lipinski definition) is 1. The van der Waals surface area contributed by atoms with Gasteiger partial charge in [0.1, 0.15) is 0 Å². The highest BCUT2D eigenvalue weighted by molar-refractivity contribution is 8.01. The fraction of sp³-hybridized carbons (Fsp3) is 0.300. The molecule has 1 heterocycles. The molecule has 0 saturated heterocycles. The van der Waals surface area contributed by atoms with E-state index in [0.29, 0.717) is 9.99 Å². The maximum absolute atomic E-state index is 14.2. The van der Waals surface area contributed by atoms with Crippen molar-refractivity contribution >= 4 is 45.0 Å². The van der Waals surface area contributed by atoms with Crippen LogP contribution in [-0.2, 0) is 19.6 Å². The van der Waals surface area contributed by atoms with Gasteiger partial charge >= 0.3 is 0 Å². The van der Waals surface area contributed by atoms with E-state index < -0.39 is 27.0 Å². The number of fused-ring (bicyclic) bond motifs is 1. The minimum Gasteiger partial charge on any atom is -0.494 e. The highest BCUT2D eigenvalue weighted by Gasteiger charge is 2.35. The predicted octanol–water partition coefficient (Wildman–Crippen LogP) is 3.41. The molecule has 0 fully saturated rings. The molecule has 0 aliphatic carbocycles. The quantitative estimate of drug-likeness (QED) is 0.692. The van der Waals surface area contributed by atoms with Gasteiger partial charge in [0.15, 0.2) is 11.6 Å². The van der Waals surface area contributed by atoms with E-state index in [9.17, 15) is 22.4 Å². The molecule has 1 unspecified atom stereocenters. The van der Waals surface area contributed by atoms with E-state index in [1.807, 2.05) is 0 Å². The van der Waals surface area contributed by atoms with Crippen LogP contribution in [0.15, 0.2) is 47.4 Å². The van der Waals surface area contributed by atoms with Gasteiger partial charge in [0.2, 0.25) is 21.8 Å². The Morgan fingerprint density at radius 1 is 1.27 bits per heavy atom. The zero-order valence-corrected chi connectivity index (χ0v) is 18.1. The van der Waals surface area contributed by atoms with E-state index in [1.165, 1.54) is 31.0 Å². The topological polar surface area (TPSA) is 92.8 Å². The Labute approximate surface area is 178 Å². The SMILES string of the molecule is CCCS(=O)(=O)N(C(=O)CC1Sc2ccccc2NC1=O)c1ccc(OC)c(F)c1. The average Bonchev–Trinajstić information content (AvgIpc) is 2.68. The van der Waals surface area contributed by atoms with Crippen LogP contribution in [0.1, 0.15) is 19.8 Å². The number of carbonyl (C=O) groups is 2. The minimum absolute atomic E-state index is 0.0714. The van der Waals surface area contributed by atoms with Crippen molar-refractivity contribution in [2.75, 3.05) is 22.5 Å². The molecule has 0 aromatic heterocycles. The first-order valence-electron chi connectivity index (χ1n) is 9.22. The Balaban J connectivity index is 1.91. The van der Waals surface area contributed by atoms with Crippen molar-refractivity contribution in [1.82, 2.24) is 0 Å². The van der Waals surface area contributed by atoms with E-state index in [0.717, 1.165) is 11.0 Å². The van der Waals surface area contributed by atoms with Crippen molar-refractivity contribution < 1.29 is 27.1 Å². The van der Waals surface area contributed by atoms with Gasteiger partial charge in [-0.3, -0.25) is 9.59 Å². The van der Waals surface area contributed by atoms with Crippen LogP contribution in [0, 0.1) is 5.82 Å². The highest BCUT2D eigenvalue weighted by atomic mass is 32.2. The molecule has 2 aromatic rings. The molecule has 3 rings (SSSR count). The van der Waals surface area contributed by atoms with Gasteiger partial charge < -0.3 is 10.1 Å². The first kappa shape index (κ1) is 22.1. The molecule has 7 nitrogen and oxygen atoms in total. The van der Waals surface area contributed by atoms with Gasteiger partial charge in [0, 0.05) is 17.4 Å². The van der Waals surface area contributed by atoms with Crippen molar-refractivity contribution in [1.29, 1.82) is 0 Å². The summed E-state index contributed by atoms with van der Waals surface area (Å²) in [6, 6.07) is 10.6. The van der Waals surface area contributed by atoms with Gasteiger partial charge in [-0.15, -0.1) is 11.8 Å². The lowest BCUT2D eigenvalue weighted by Crippen LogP contribution is -2.42. The van der Waals surface area contributed by atoms with Crippen LogP contribution >= 0.6 is 11.8 Å². The predicted molar refractivity (Wildman–Crippen MR) is 114 cm³/mol. The Bertz CT molecular complexity index is 1070. The van der Waals surface area contributed by atoms with Gasteiger partial charge in [0.05, 0.1) is 29.5 Å². The number of nitrogens with zero attached hydrogens (tertiary/aromatic N) is 1. The first-order chi connectivity index (χ1) is 14.3. The van der Waals surface area contributed by atoms with Crippen LogP contribution in [0.2, 0.25) is 0 Å². The summed E-state index contributed by atoms with van der Waals surface area (Å²) in [7, 11) is -2.77. The summed E-state index contributed by atoms with van der Waals surface area (Å²) in [6.45, 7) is 1.66. The van der Waals surface area contributed by atoms with Crippen molar-refractivity contribution in [3.8, 4) is 5.75 Å². The largest absolute Gasteiger partial charge is 0.494 e. The second-order valence-electron chi connectivity index (χ2n) is 6.59. The molecule has 1 aliphatic heterocycles. The first-order valence-corrected chi connectivity index (χ1v) is 11.7. The molecule has 2 amide bonds. The normalized spacial score (nSPS) is 15.8. The number of thioether (sulfide) groups is 1. The zero-order chi connectivity index (χ0) is 21.9. The summed E-state index contributed by atoms with van der Waals surface area (Å²) in [5.41, 5.74) is 0.511. The number of nitrogens with one attached hydrogen (secondary N) is 1. The molecule has 1 atom stereocenters. The number of para-hydroxylation sites is 1. The molecule has 0 spiro atoms. The zero-order valence-electron chi connectivity index (χ0n) is 16.4. The van der Waals surface area contributed by atoms with Gasteiger partial charge in [-0.25, -0.2) is 17.1 Å². The second kappa shape index (κ2) is 9.05. The number of hydrogen-bond acceptors (Lipinski definition) is 6. The van der Waals surface area contributed by atoms with E-state index in [4.69, 9.17) is 4.74 Å². The Morgan fingerprint density at radius 2 is 2.00 bits per heavy atom. The number of benzene rings is 2. The minimum atomic E-state index is -4.05. The maximum Gasteiger partial charge on any atom is 0.242 e. The average molecular weight is 453 g/mol. The molecule has 0 saturated carbocycles. The van der Waals surface area contributed by atoms with E-state index in [2.05, 4.69) is 5.32 Å². The number of rotatable bonds is 7. The summed E-state index contributed by atoms with van der Waals surface area (Å²) in [6.07, 6.45) is -0.0851. The smallest absolute Gasteiger partial charge is 0.242 e.